The van der Waals surface area contributed by atoms with Crippen LogP contribution in [0.4, 0.5) is 15.8 Å². The zero-order valence-corrected chi connectivity index (χ0v) is 16.5. The molecule has 2 heterocycles. The number of nitrogens with zero attached hydrogens (tertiary/aromatic N) is 3. The summed E-state index contributed by atoms with van der Waals surface area (Å²) in [6, 6.07) is 11.7. The zero-order chi connectivity index (χ0) is 20.5. The van der Waals surface area contributed by atoms with Gasteiger partial charge in [0.2, 0.25) is 5.91 Å². The van der Waals surface area contributed by atoms with Gasteiger partial charge in [-0.25, -0.2) is 4.39 Å². The summed E-state index contributed by atoms with van der Waals surface area (Å²) in [6.45, 7) is 5.39. The number of benzene rings is 2. The van der Waals surface area contributed by atoms with Gasteiger partial charge < -0.3 is 15.1 Å². The minimum Gasteiger partial charge on any atom is -0.369 e. The Morgan fingerprint density at radius 2 is 1.69 bits per heavy atom. The Balaban J connectivity index is 1.55. The van der Waals surface area contributed by atoms with Crippen LogP contribution in [0.1, 0.15) is 22.1 Å². The molecule has 4 rings (SSSR count). The van der Waals surface area contributed by atoms with Gasteiger partial charge in [0.05, 0.1) is 11.1 Å². The van der Waals surface area contributed by atoms with Crippen LogP contribution in [0.25, 0.3) is 10.9 Å². The van der Waals surface area contributed by atoms with Crippen molar-refractivity contribution < 1.29 is 14.0 Å². The first kappa shape index (κ1) is 19.1. The van der Waals surface area contributed by atoms with Gasteiger partial charge in [0, 0.05) is 56.1 Å². The molecule has 29 heavy (non-hydrogen) atoms. The highest BCUT2D eigenvalue weighted by Gasteiger charge is 2.18. The molecule has 0 radical (unpaired) electrons. The van der Waals surface area contributed by atoms with Crippen molar-refractivity contribution in [3.63, 3.8) is 0 Å². The Bertz CT molecular complexity index is 1070. The average molecular weight is 394 g/mol. The van der Waals surface area contributed by atoms with Gasteiger partial charge >= 0.3 is 0 Å². The standard InChI is InChI=1S/C22H23FN4O2/c1-15(28)27-14-20(19-13-16(23)3-8-21(19)27)22(29)24-17-4-6-18(7-5-17)26-11-9-25(2)10-12-26/h3-8,13-14H,9-12H2,1-2H3,(H,24,29). The molecule has 1 N–H and O–H groups in total. The summed E-state index contributed by atoms with van der Waals surface area (Å²) < 4.78 is 15.1. The largest absolute Gasteiger partial charge is 0.369 e. The Morgan fingerprint density at radius 3 is 2.34 bits per heavy atom. The van der Waals surface area contributed by atoms with Crippen molar-refractivity contribution >= 4 is 34.1 Å². The molecule has 0 unspecified atom stereocenters. The Morgan fingerprint density at radius 1 is 1.00 bits per heavy atom. The summed E-state index contributed by atoms with van der Waals surface area (Å²) in [7, 11) is 2.12. The number of rotatable bonds is 3. The molecule has 1 aliphatic heterocycles. The third-order valence-electron chi connectivity index (χ3n) is 5.34. The minimum atomic E-state index is -0.454. The Kier molecular flexibility index (Phi) is 5.07. The van der Waals surface area contributed by atoms with Gasteiger partial charge in [-0.3, -0.25) is 14.2 Å². The lowest BCUT2D eigenvalue weighted by molar-refractivity contribution is 0.0941. The predicted molar refractivity (Wildman–Crippen MR) is 112 cm³/mol. The fourth-order valence-corrected chi connectivity index (χ4v) is 3.66. The zero-order valence-electron chi connectivity index (χ0n) is 16.5. The number of anilines is 2. The van der Waals surface area contributed by atoms with Crippen LogP contribution in [-0.4, -0.2) is 54.5 Å². The first-order chi connectivity index (χ1) is 13.9. The second-order valence-corrected chi connectivity index (χ2v) is 7.38. The highest BCUT2D eigenvalue weighted by Crippen LogP contribution is 2.25. The smallest absolute Gasteiger partial charge is 0.257 e. The van der Waals surface area contributed by atoms with Gasteiger partial charge in [-0.2, -0.15) is 0 Å². The first-order valence-corrected chi connectivity index (χ1v) is 9.59. The van der Waals surface area contributed by atoms with Gasteiger partial charge in [0.1, 0.15) is 5.82 Å². The van der Waals surface area contributed by atoms with E-state index in [1.807, 2.05) is 24.3 Å². The van der Waals surface area contributed by atoms with Crippen molar-refractivity contribution in [1.29, 1.82) is 0 Å². The molecule has 0 saturated carbocycles. The van der Waals surface area contributed by atoms with E-state index >= 15 is 0 Å². The lowest BCUT2D eigenvalue weighted by atomic mass is 10.1. The van der Waals surface area contributed by atoms with E-state index in [1.54, 1.807) is 0 Å². The van der Waals surface area contributed by atoms with E-state index in [-0.39, 0.29) is 17.4 Å². The van der Waals surface area contributed by atoms with Crippen molar-refractivity contribution in [2.75, 3.05) is 43.4 Å². The number of aromatic nitrogens is 1. The molecule has 1 fully saturated rings. The third-order valence-corrected chi connectivity index (χ3v) is 5.34. The number of piperazine rings is 1. The Labute approximate surface area is 168 Å². The number of hydrogen-bond donors (Lipinski definition) is 1. The summed E-state index contributed by atoms with van der Waals surface area (Å²) in [5, 5.41) is 3.26. The number of hydrogen-bond acceptors (Lipinski definition) is 4. The van der Waals surface area contributed by atoms with Crippen molar-refractivity contribution in [3.8, 4) is 0 Å². The number of carbonyl (C=O) groups is 2. The van der Waals surface area contributed by atoms with Gasteiger partial charge in [-0.15, -0.1) is 0 Å². The van der Waals surface area contributed by atoms with Gasteiger partial charge in [-0.05, 0) is 49.5 Å². The second kappa shape index (κ2) is 7.67. The summed E-state index contributed by atoms with van der Waals surface area (Å²) >= 11 is 0. The highest BCUT2D eigenvalue weighted by molar-refractivity contribution is 6.14. The van der Waals surface area contributed by atoms with Crippen LogP contribution < -0.4 is 10.2 Å². The molecule has 0 bridgehead atoms. The average Bonchev–Trinajstić information content (AvgIpc) is 3.08. The summed E-state index contributed by atoms with van der Waals surface area (Å²) in [5.41, 5.74) is 2.53. The quantitative estimate of drug-likeness (QED) is 0.739. The summed E-state index contributed by atoms with van der Waals surface area (Å²) in [5.74, 6) is -1.07. The summed E-state index contributed by atoms with van der Waals surface area (Å²) in [4.78, 5) is 29.3. The normalized spacial score (nSPS) is 14.9. The van der Waals surface area contributed by atoms with Crippen LogP contribution in [-0.2, 0) is 0 Å². The number of carbonyl (C=O) groups excluding carboxylic acids is 2. The fraction of sp³-hybridized carbons (Fsp3) is 0.273. The van der Waals surface area contributed by atoms with Crippen LogP contribution in [0.2, 0.25) is 0 Å². The number of halogens is 1. The van der Waals surface area contributed by atoms with E-state index in [0.717, 1.165) is 31.9 Å². The molecule has 1 amide bonds. The first-order valence-electron chi connectivity index (χ1n) is 9.59. The summed E-state index contributed by atoms with van der Waals surface area (Å²) in [6.07, 6.45) is 1.46. The molecular formula is C22H23FN4O2. The maximum atomic E-state index is 13.7. The van der Waals surface area contributed by atoms with Crippen LogP contribution >= 0.6 is 0 Å². The number of nitrogens with one attached hydrogen (secondary N) is 1. The van der Waals surface area contributed by atoms with Gasteiger partial charge in [0.15, 0.2) is 0 Å². The molecule has 2 aromatic carbocycles. The molecule has 1 aliphatic rings. The van der Waals surface area contributed by atoms with Crippen LogP contribution in [0.15, 0.2) is 48.7 Å². The molecule has 7 heteroatoms. The topological polar surface area (TPSA) is 57.6 Å². The van der Waals surface area contributed by atoms with Gasteiger partial charge in [0.25, 0.3) is 5.91 Å². The van der Waals surface area contributed by atoms with E-state index in [4.69, 9.17) is 0 Å². The second-order valence-electron chi connectivity index (χ2n) is 7.38. The predicted octanol–water partition coefficient (Wildman–Crippen LogP) is 3.44. The van der Waals surface area contributed by atoms with Crippen molar-refractivity contribution in [1.82, 2.24) is 9.47 Å². The Hall–Kier alpha value is -3.19. The molecule has 6 nitrogen and oxygen atoms in total. The highest BCUT2D eigenvalue weighted by atomic mass is 19.1. The van der Waals surface area contributed by atoms with Crippen LogP contribution in [0.5, 0.6) is 0 Å². The molecule has 1 saturated heterocycles. The third kappa shape index (κ3) is 3.86. The molecule has 150 valence electrons. The molecular weight excluding hydrogens is 371 g/mol. The van der Waals surface area contributed by atoms with E-state index < -0.39 is 5.82 Å². The lowest BCUT2D eigenvalue weighted by Crippen LogP contribution is -2.44. The molecule has 0 spiro atoms. The van der Waals surface area contributed by atoms with Crippen molar-refractivity contribution in [2.24, 2.45) is 0 Å². The monoisotopic (exact) mass is 394 g/mol. The van der Waals surface area contributed by atoms with E-state index in [1.165, 1.54) is 35.9 Å². The lowest BCUT2D eigenvalue weighted by Gasteiger charge is -2.34. The number of fused-ring (bicyclic) bond motifs is 1. The minimum absolute atomic E-state index is 0.239. The number of amides is 1. The maximum absolute atomic E-state index is 13.7. The van der Waals surface area contributed by atoms with Crippen molar-refractivity contribution in [3.05, 3.63) is 60.0 Å². The molecule has 1 aromatic heterocycles. The molecule has 0 aliphatic carbocycles. The SMILES string of the molecule is CC(=O)n1cc(C(=O)Nc2ccc(N3CCN(C)CC3)cc2)c2cc(F)ccc21. The van der Waals surface area contributed by atoms with Crippen LogP contribution in [0, 0.1) is 5.82 Å². The van der Waals surface area contributed by atoms with Crippen molar-refractivity contribution in [2.45, 2.75) is 6.92 Å². The van der Waals surface area contributed by atoms with E-state index in [2.05, 4.69) is 22.2 Å². The maximum Gasteiger partial charge on any atom is 0.257 e. The molecule has 3 aromatic rings. The number of likely N-dealkylation sites (N-methyl/N-ethyl adjacent to an activating group) is 1. The van der Waals surface area contributed by atoms with E-state index in [9.17, 15) is 14.0 Å². The van der Waals surface area contributed by atoms with Crippen LogP contribution in [0.3, 0.4) is 0 Å². The fourth-order valence-electron chi connectivity index (χ4n) is 3.66. The van der Waals surface area contributed by atoms with Gasteiger partial charge in [-0.1, -0.05) is 0 Å². The van der Waals surface area contributed by atoms with E-state index in [0.29, 0.717) is 16.6 Å². The molecule has 0 atom stereocenters.